The van der Waals surface area contributed by atoms with Crippen LogP contribution in [0.25, 0.3) is 0 Å². The van der Waals surface area contributed by atoms with Crippen LogP contribution in [-0.2, 0) is 0 Å². The molecule has 2 aliphatic rings. The molecule has 0 saturated carbocycles. The van der Waals surface area contributed by atoms with Crippen LogP contribution in [0.5, 0.6) is 0 Å². The molecule has 0 unspecified atom stereocenters. The van der Waals surface area contributed by atoms with Crippen LogP contribution in [0.1, 0.15) is 25.7 Å². The molecular weight excluding hydrogens is 186 g/mol. The second-order valence-corrected chi connectivity index (χ2v) is 5.17. The van der Waals surface area contributed by atoms with Crippen molar-refractivity contribution in [3.63, 3.8) is 0 Å². The molecule has 3 heteroatoms. The molecular formula is C12H25N3. The van der Waals surface area contributed by atoms with Gasteiger partial charge in [-0.1, -0.05) is 0 Å². The van der Waals surface area contributed by atoms with Crippen LogP contribution in [0.15, 0.2) is 0 Å². The summed E-state index contributed by atoms with van der Waals surface area (Å²) in [5, 5.41) is 3.43. The van der Waals surface area contributed by atoms with Crippen LogP contribution in [0, 0.1) is 11.8 Å². The minimum absolute atomic E-state index is 0.800. The maximum atomic E-state index is 5.71. The average molecular weight is 211 g/mol. The van der Waals surface area contributed by atoms with Crippen LogP contribution < -0.4 is 11.1 Å². The Bertz CT molecular complexity index is 170. The van der Waals surface area contributed by atoms with Gasteiger partial charge in [0.2, 0.25) is 0 Å². The van der Waals surface area contributed by atoms with Crippen LogP contribution in [0.3, 0.4) is 0 Å². The Kier molecular flexibility index (Phi) is 4.42. The van der Waals surface area contributed by atoms with Crippen LogP contribution in [0.2, 0.25) is 0 Å². The number of nitrogens with one attached hydrogen (secondary N) is 1. The van der Waals surface area contributed by atoms with E-state index in [9.17, 15) is 0 Å². The van der Waals surface area contributed by atoms with E-state index in [4.69, 9.17) is 5.73 Å². The molecule has 0 spiro atoms. The van der Waals surface area contributed by atoms with Crippen molar-refractivity contribution < 1.29 is 0 Å². The standard InChI is InChI=1S/C12H25N3/c13-9-11-3-7-15(8-4-11)10-12-1-5-14-6-2-12/h11-12,14H,1-10,13H2. The summed E-state index contributed by atoms with van der Waals surface area (Å²) in [7, 11) is 0. The molecule has 0 amide bonds. The van der Waals surface area contributed by atoms with Gasteiger partial charge in [0.05, 0.1) is 0 Å². The SMILES string of the molecule is NCC1CCN(CC2CCNCC2)CC1. The van der Waals surface area contributed by atoms with Gasteiger partial charge in [0.1, 0.15) is 0 Å². The Morgan fingerprint density at radius 1 is 1.00 bits per heavy atom. The summed E-state index contributed by atoms with van der Waals surface area (Å²) in [4.78, 5) is 2.65. The number of nitrogens with two attached hydrogens (primary N) is 1. The van der Waals surface area contributed by atoms with E-state index in [1.807, 2.05) is 0 Å². The number of nitrogens with zero attached hydrogens (tertiary/aromatic N) is 1. The Labute approximate surface area is 93.4 Å². The van der Waals surface area contributed by atoms with E-state index < -0.39 is 0 Å². The van der Waals surface area contributed by atoms with E-state index >= 15 is 0 Å². The lowest BCUT2D eigenvalue weighted by Gasteiger charge is -2.35. The maximum Gasteiger partial charge on any atom is 0.00106 e. The molecule has 3 N–H and O–H groups in total. The second-order valence-electron chi connectivity index (χ2n) is 5.17. The molecule has 0 aromatic rings. The van der Waals surface area contributed by atoms with E-state index in [0.717, 1.165) is 18.4 Å². The van der Waals surface area contributed by atoms with Crippen molar-refractivity contribution in [2.45, 2.75) is 25.7 Å². The highest BCUT2D eigenvalue weighted by molar-refractivity contribution is 4.77. The summed E-state index contributed by atoms with van der Waals surface area (Å²) in [5.41, 5.74) is 5.71. The molecule has 0 aliphatic carbocycles. The van der Waals surface area contributed by atoms with Crippen molar-refractivity contribution in [3.05, 3.63) is 0 Å². The van der Waals surface area contributed by atoms with Gasteiger partial charge in [-0.3, -0.25) is 0 Å². The van der Waals surface area contributed by atoms with E-state index in [0.29, 0.717) is 0 Å². The zero-order valence-electron chi connectivity index (χ0n) is 9.75. The average Bonchev–Trinajstić information content (AvgIpc) is 2.31. The minimum Gasteiger partial charge on any atom is -0.330 e. The third-order valence-corrected chi connectivity index (χ3v) is 4.02. The monoisotopic (exact) mass is 211 g/mol. The first-order chi connectivity index (χ1) is 7.38. The molecule has 2 rings (SSSR count). The highest BCUT2D eigenvalue weighted by atomic mass is 15.1. The first-order valence-corrected chi connectivity index (χ1v) is 6.51. The van der Waals surface area contributed by atoms with Crippen molar-refractivity contribution in [3.8, 4) is 0 Å². The first-order valence-electron chi connectivity index (χ1n) is 6.51. The van der Waals surface area contributed by atoms with Gasteiger partial charge in [-0.05, 0) is 70.2 Å². The summed E-state index contributed by atoms with van der Waals surface area (Å²) >= 11 is 0. The van der Waals surface area contributed by atoms with Gasteiger partial charge in [-0.25, -0.2) is 0 Å². The summed E-state index contributed by atoms with van der Waals surface area (Å²) < 4.78 is 0. The summed E-state index contributed by atoms with van der Waals surface area (Å²) in [6.07, 6.45) is 5.39. The molecule has 2 saturated heterocycles. The van der Waals surface area contributed by atoms with Crippen LogP contribution in [0.4, 0.5) is 0 Å². The zero-order valence-corrected chi connectivity index (χ0v) is 9.75. The number of piperidine rings is 2. The van der Waals surface area contributed by atoms with E-state index in [2.05, 4.69) is 10.2 Å². The highest BCUT2D eigenvalue weighted by Gasteiger charge is 2.21. The Balaban J connectivity index is 1.67. The molecule has 0 atom stereocenters. The normalized spacial score (nSPS) is 27.0. The largest absolute Gasteiger partial charge is 0.330 e. The quantitative estimate of drug-likeness (QED) is 0.720. The molecule has 3 nitrogen and oxygen atoms in total. The van der Waals surface area contributed by atoms with E-state index in [1.54, 1.807) is 0 Å². The Morgan fingerprint density at radius 2 is 1.67 bits per heavy atom. The van der Waals surface area contributed by atoms with E-state index in [-0.39, 0.29) is 0 Å². The second kappa shape index (κ2) is 5.83. The number of hydrogen-bond acceptors (Lipinski definition) is 3. The lowest BCUT2D eigenvalue weighted by Crippen LogP contribution is -2.41. The number of hydrogen-bond donors (Lipinski definition) is 2. The topological polar surface area (TPSA) is 41.3 Å². The van der Waals surface area contributed by atoms with Gasteiger partial charge in [0, 0.05) is 6.54 Å². The molecule has 88 valence electrons. The molecule has 2 heterocycles. The Morgan fingerprint density at radius 3 is 2.27 bits per heavy atom. The molecule has 0 radical (unpaired) electrons. The summed E-state index contributed by atoms with van der Waals surface area (Å²) in [6.45, 7) is 7.24. The maximum absolute atomic E-state index is 5.71. The van der Waals surface area contributed by atoms with Crippen LogP contribution >= 0.6 is 0 Å². The molecule has 0 aromatic heterocycles. The highest BCUT2D eigenvalue weighted by Crippen LogP contribution is 2.19. The predicted octanol–water partition coefficient (Wildman–Crippen LogP) is 0.657. The lowest BCUT2D eigenvalue weighted by atomic mass is 9.93. The van der Waals surface area contributed by atoms with Gasteiger partial charge >= 0.3 is 0 Å². The summed E-state index contributed by atoms with van der Waals surface area (Å²) in [6, 6.07) is 0. The van der Waals surface area contributed by atoms with Crippen molar-refractivity contribution in [1.82, 2.24) is 10.2 Å². The van der Waals surface area contributed by atoms with Gasteiger partial charge in [-0.15, -0.1) is 0 Å². The molecule has 15 heavy (non-hydrogen) atoms. The molecule has 2 aliphatic heterocycles. The fourth-order valence-electron chi connectivity index (χ4n) is 2.83. The lowest BCUT2D eigenvalue weighted by molar-refractivity contribution is 0.150. The Hall–Kier alpha value is -0.120. The fourth-order valence-corrected chi connectivity index (χ4v) is 2.83. The van der Waals surface area contributed by atoms with Gasteiger partial charge in [0.15, 0.2) is 0 Å². The number of rotatable bonds is 3. The van der Waals surface area contributed by atoms with Gasteiger partial charge in [-0.2, -0.15) is 0 Å². The van der Waals surface area contributed by atoms with Crippen LogP contribution in [-0.4, -0.2) is 44.2 Å². The van der Waals surface area contributed by atoms with Crippen molar-refractivity contribution >= 4 is 0 Å². The van der Waals surface area contributed by atoms with Crippen molar-refractivity contribution in [2.24, 2.45) is 17.6 Å². The number of likely N-dealkylation sites (tertiary alicyclic amines) is 1. The van der Waals surface area contributed by atoms with E-state index in [1.165, 1.54) is 58.4 Å². The fraction of sp³-hybridized carbons (Fsp3) is 1.00. The predicted molar refractivity (Wildman–Crippen MR) is 63.8 cm³/mol. The van der Waals surface area contributed by atoms with Gasteiger partial charge < -0.3 is 16.0 Å². The smallest absolute Gasteiger partial charge is 0.00106 e. The van der Waals surface area contributed by atoms with Gasteiger partial charge in [0.25, 0.3) is 0 Å². The van der Waals surface area contributed by atoms with Crippen molar-refractivity contribution in [1.29, 1.82) is 0 Å². The summed E-state index contributed by atoms with van der Waals surface area (Å²) in [5.74, 6) is 1.75. The van der Waals surface area contributed by atoms with Crippen molar-refractivity contribution in [2.75, 3.05) is 39.3 Å². The molecule has 0 bridgehead atoms. The third-order valence-electron chi connectivity index (χ3n) is 4.02. The molecule has 2 fully saturated rings. The first kappa shape index (κ1) is 11.4. The molecule has 0 aromatic carbocycles. The minimum atomic E-state index is 0.800. The zero-order chi connectivity index (χ0) is 10.5. The third kappa shape index (κ3) is 3.44.